The Morgan fingerprint density at radius 3 is 2.81 bits per heavy atom. The maximum atomic E-state index is 14.1. The highest BCUT2D eigenvalue weighted by molar-refractivity contribution is 5.92. The second-order valence-corrected chi connectivity index (χ2v) is 7.24. The van der Waals surface area contributed by atoms with Crippen molar-refractivity contribution in [2.24, 2.45) is 17.4 Å². The number of nitrogens with two attached hydrogens (primary N) is 2. The molecule has 7 nitrogen and oxygen atoms in total. The molecule has 0 spiro atoms. The molecule has 0 saturated carbocycles. The molecular formula is C17H20F3N5O2. The molecule has 5 N–H and O–H groups in total. The van der Waals surface area contributed by atoms with Gasteiger partial charge in [0.25, 0.3) is 5.91 Å². The minimum Gasteiger partial charge on any atom is -0.374 e. The van der Waals surface area contributed by atoms with E-state index in [2.05, 4.69) is 15.1 Å². The molecule has 4 rings (SSSR count). The van der Waals surface area contributed by atoms with E-state index < -0.39 is 41.5 Å². The Kier molecular flexibility index (Phi) is 4.57. The van der Waals surface area contributed by atoms with E-state index in [0.29, 0.717) is 25.6 Å². The van der Waals surface area contributed by atoms with Gasteiger partial charge in [-0.15, -0.1) is 0 Å². The Morgan fingerprint density at radius 2 is 2.11 bits per heavy atom. The quantitative estimate of drug-likeness (QED) is 0.730. The molecule has 10 heteroatoms. The van der Waals surface area contributed by atoms with E-state index in [0.717, 1.165) is 11.3 Å². The van der Waals surface area contributed by atoms with E-state index in [-0.39, 0.29) is 24.8 Å². The number of rotatable bonds is 3. The fourth-order valence-electron chi connectivity index (χ4n) is 4.13. The smallest absolute Gasteiger partial charge is 0.269 e. The van der Waals surface area contributed by atoms with E-state index in [1.165, 1.54) is 0 Å². The van der Waals surface area contributed by atoms with Gasteiger partial charge in [-0.25, -0.2) is 13.2 Å². The molecule has 1 fully saturated rings. The van der Waals surface area contributed by atoms with Crippen molar-refractivity contribution in [2.45, 2.75) is 44.1 Å². The number of aromatic amines is 1. The van der Waals surface area contributed by atoms with Crippen molar-refractivity contribution in [3.8, 4) is 0 Å². The van der Waals surface area contributed by atoms with Crippen LogP contribution in [0, 0.1) is 5.92 Å². The lowest BCUT2D eigenvalue weighted by Gasteiger charge is -2.41. The summed E-state index contributed by atoms with van der Waals surface area (Å²) in [6.07, 6.45) is -0.0401. The third-order valence-electron chi connectivity index (χ3n) is 5.55. The van der Waals surface area contributed by atoms with E-state index in [1.807, 2.05) is 0 Å². The van der Waals surface area contributed by atoms with Gasteiger partial charge in [0.05, 0.1) is 18.4 Å². The van der Waals surface area contributed by atoms with Crippen LogP contribution in [0.1, 0.15) is 34.6 Å². The summed E-state index contributed by atoms with van der Waals surface area (Å²) in [4.78, 5) is 13.5. The Morgan fingerprint density at radius 1 is 1.33 bits per heavy atom. The second-order valence-electron chi connectivity index (χ2n) is 7.24. The van der Waals surface area contributed by atoms with Gasteiger partial charge in [-0.05, 0) is 6.42 Å². The van der Waals surface area contributed by atoms with Gasteiger partial charge in [0.2, 0.25) is 0 Å². The summed E-state index contributed by atoms with van der Waals surface area (Å²) in [5.74, 6) is -4.42. The number of fused-ring (bicyclic) bond motifs is 1. The van der Waals surface area contributed by atoms with Crippen LogP contribution in [-0.2, 0) is 17.8 Å². The Labute approximate surface area is 153 Å². The molecule has 1 amide bonds. The number of nitrogens with zero attached hydrogens (tertiary/aromatic N) is 2. The number of carbonyl (C=O) groups excluding carboxylic acids is 1. The van der Waals surface area contributed by atoms with Crippen molar-refractivity contribution >= 4 is 5.91 Å². The van der Waals surface area contributed by atoms with Gasteiger partial charge in [0, 0.05) is 49.2 Å². The number of H-pyrrole nitrogens is 1. The number of allylic oxidation sites excluding steroid dienone is 3. The third kappa shape index (κ3) is 3.17. The maximum absolute atomic E-state index is 14.1. The Bertz CT molecular complexity index is 837. The van der Waals surface area contributed by atoms with Gasteiger partial charge in [0.1, 0.15) is 11.7 Å². The van der Waals surface area contributed by atoms with E-state index in [1.54, 1.807) is 0 Å². The largest absolute Gasteiger partial charge is 0.374 e. The summed E-state index contributed by atoms with van der Waals surface area (Å²) in [5.41, 5.74) is 13.3. The first-order valence-electron chi connectivity index (χ1n) is 8.73. The summed E-state index contributed by atoms with van der Waals surface area (Å²) < 4.78 is 46.6. The van der Waals surface area contributed by atoms with E-state index in [4.69, 9.17) is 16.2 Å². The second kappa shape index (κ2) is 6.77. The molecule has 1 aromatic rings. The van der Waals surface area contributed by atoms with E-state index >= 15 is 0 Å². The first-order chi connectivity index (χ1) is 12.8. The molecule has 1 saturated heterocycles. The highest BCUT2D eigenvalue weighted by atomic mass is 19.2. The molecular weight excluding hydrogens is 363 g/mol. The average molecular weight is 383 g/mol. The van der Waals surface area contributed by atoms with Crippen molar-refractivity contribution in [3.63, 3.8) is 0 Å². The summed E-state index contributed by atoms with van der Waals surface area (Å²) >= 11 is 0. The molecule has 1 unspecified atom stereocenters. The zero-order chi connectivity index (χ0) is 19.3. The highest BCUT2D eigenvalue weighted by Gasteiger charge is 2.42. The number of amides is 1. The molecule has 3 heterocycles. The molecule has 0 bridgehead atoms. The van der Waals surface area contributed by atoms with Crippen LogP contribution in [0.3, 0.4) is 0 Å². The molecule has 2 aliphatic heterocycles. The minimum absolute atomic E-state index is 0.0504. The predicted molar refractivity (Wildman–Crippen MR) is 89.0 cm³/mol. The van der Waals surface area contributed by atoms with E-state index in [9.17, 15) is 18.0 Å². The third-order valence-corrected chi connectivity index (χ3v) is 5.55. The SMILES string of the molecule is NC(=O)c1n[nH]c2c1CN([C@H]1CO[C@H](C3CC(F)=C(F)C=C3F)[C@@H](N)C1)C2. The van der Waals surface area contributed by atoms with Crippen LogP contribution in [0.15, 0.2) is 23.6 Å². The first-order valence-corrected chi connectivity index (χ1v) is 8.73. The highest BCUT2D eigenvalue weighted by Crippen LogP contribution is 2.38. The fraction of sp³-hybridized carbons (Fsp3) is 0.529. The lowest BCUT2D eigenvalue weighted by Crippen LogP contribution is -2.54. The van der Waals surface area contributed by atoms with Gasteiger partial charge in [-0.1, -0.05) is 0 Å². The summed E-state index contributed by atoms with van der Waals surface area (Å²) in [5, 5.41) is 6.75. The number of primary amides is 1. The van der Waals surface area contributed by atoms with Crippen molar-refractivity contribution in [2.75, 3.05) is 6.61 Å². The maximum Gasteiger partial charge on any atom is 0.269 e. The van der Waals surface area contributed by atoms with Crippen LogP contribution in [0.2, 0.25) is 0 Å². The monoisotopic (exact) mass is 383 g/mol. The van der Waals surface area contributed by atoms with Gasteiger partial charge in [-0.2, -0.15) is 5.10 Å². The molecule has 27 heavy (non-hydrogen) atoms. The molecule has 4 atom stereocenters. The summed E-state index contributed by atoms with van der Waals surface area (Å²) in [7, 11) is 0. The number of halogens is 3. The molecule has 146 valence electrons. The molecule has 0 radical (unpaired) electrons. The topological polar surface area (TPSA) is 110 Å². The zero-order valence-corrected chi connectivity index (χ0v) is 14.4. The lowest BCUT2D eigenvalue weighted by atomic mass is 9.84. The van der Waals surface area contributed by atoms with Crippen LogP contribution < -0.4 is 11.5 Å². The molecule has 0 aromatic carbocycles. The Balaban J connectivity index is 1.41. The van der Waals surface area contributed by atoms with Crippen molar-refractivity contribution in [3.05, 3.63) is 40.5 Å². The lowest BCUT2D eigenvalue weighted by molar-refractivity contribution is -0.0731. The van der Waals surface area contributed by atoms with Gasteiger partial charge in [-0.3, -0.25) is 14.8 Å². The minimum atomic E-state index is -1.18. The number of hydrogen-bond donors (Lipinski definition) is 3. The van der Waals surface area contributed by atoms with Crippen molar-refractivity contribution in [1.82, 2.24) is 15.1 Å². The summed E-state index contributed by atoms with van der Waals surface area (Å²) in [6, 6.07) is -0.583. The van der Waals surface area contributed by atoms with Gasteiger partial charge >= 0.3 is 0 Å². The summed E-state index contributed by atoms with van der Waals surface area (Å²) in [6.45, 7) is 1.30. The molecule has 1 aliphatic carbocycles. The fourth-order valence-corrected chi connectivity index (χ4v) is 4.13. The first kappa shape index (κ1) is 18.2. The number of aromatic nitrogens is 2. The molecule has 1 aromatic heterocycles. The van der Waals surface area contributed by atoms with Gasteiger partial charge < -0.3 is 16.2 Å². The van der Waals surface area contributed by atoms with Crippen LogP contribution >= 0.6 is 0 Å². The average Bonchev–Trinajstić information content (AvgIpc) is 3.18. The zero-order valence-electron chi connectivity index (χ0n) is 14.4. The van der Waals surface area contributed by atoms with Gasteiger partial charge in [0.15, 0.2) is 11.5 Å². The number of ether oxygens (including phenoxy) is 1. The Hall–Kier alpha value is -2.17. The van der Waals surface area contributed by atoms with Crippen LogP contribution in [-0.4, -0.2) is 45.8 Å². The normalized spacial score (nSPS) is 31.8. The van der Waals surface area contributed by atoms with Crippen molar-refractivity contribution < 1.29 is 22.7 Å². The standard InChI is InChI=1S/C17H20F3N5O2/c18-10-3-12(20)11(19)2-8(10)16-13(21)1-7(6-27-16)25-4-9-14(5-25)23-24-15(9)17(22)26/h3,7-8,13,16H,1-2,4-6,21H2,(H2,22,26)(H,23,24)/t7-,8?,13+,16-/m1/s1. The van der Waals surface area contributed by atoms with Crippen LogP contribution in [0.25, 0.3) is 0 Å². The molecule has 3 aliphatic rings. The van der Waals surface area contributed by atoms with Crippen molar-refractivity contribution in [1.29, 1.82) is 0 Å². The van der Waals surface area contributed by atoms with Crippen LogP contribution in [0.4, 0.5) is 13.2 Å². The number of nitrogens with one attached hydrogen (secondary N) is 1. The van der Waals surface area contributed by atoms with Crippen LogP contribution in [0.5, 0.6) is 0 Å². The number of hydrogen-bond acceptors (Lipinski definition) is 5. The number of carbonyl (C=O) groups is 1. The predicted octanol–water partition coefficient (Wildman–Crippen LogP) is 1.33.